The summed E-state index contributed by atoms with van der Waals surface area (Å²) in [5, 5.41) is 0. The number of nitrogens with zero attached hydrogens (tertiary/aromatic N) is 1. The third-order valence-electron chi connectivity index (χ3n) is 3.72. The molecular formula is C14H20N2O2S. The highest BCUT2D eigenvalue weighted by atomic mass is 32.2. The molecule has 5 heteroatoms. The van der Waals surface area contributed by atoms with Gasteiger partial charge in [-0.2, -0.15) is 4.31 Å². The maximum absolute atomic E-state index is 12.6. The van der Waals surface area contributed by atoms with E-state index >= 15 is 0 Å². The summed E-state index contributed by atoms with van der Waals surface area (Å²) in [5.74, 6) is 0. The van der Waals surface area contributed by atoms with Gasteiger partial charge in [0, 0.05) is 18.8 Å². The Bertz CT molecular complexity index is 610. The third-order valence-corrected chi connectivity index (χ3v) is 5.56. The molecule has 0 saturated carbocycles. The van der Waals surface area contributed by atoms with Gasteiger partial charge in [0.15, 0.2) is 0 Å². The molecule has 2 N–H and O–H groups in total. The first-order valence-electron chi connectivity index (χ1n) is 6.35. The molecule has 0 unspecified atom stereocenters. The Morgan fingerprint density at radius 1 is 1.21 bits per heavy atom. The topological polar surface area (TPSA) is 63.4 Å². The van der Waals surface area contributed by atoms with E-state index in [-0.39, 0.29) is 0 Å². The zero-order valence-corrected chi connectivity index (χ0v) is 12.4. The lowest BCUT2D eigenvalue weighted by atomic mass is 10.1. The Morgan fingerprint density at radius 2 is 1.89 bits per heavy atom. The summed E-state index contributed by atoms with van der Waals surface area (Å²) in [6.45, 7) is 6.79. The number of nitrogens with two attached hydrogens (primary N) is 1. The van der Waals surface area contributed by atoms with E-state index in [0.717, 1.165) is 17.5 Å². The fraction of sp³-hybridized carbons (Fsp3) is 0.429. The van der Waals surface area contributed by atoms with E-state index < -0.39 is 10.0 Å². The van der Waals surface area contributed by atoms with Gasteiger partial charge in [-0.25, -0.2) is 8.42 Å². The standard InChI is InChI=1S/C14H20N2O2S/c1-10-4-6-16(7-5-10)19(17,18)13-8-11(2)12(3)14(15)9-13/h4,8-9H,5-7,15H2,1-3H3. The van der Waals surface area contributed by atoms with Crippen molar-refractivity contribution >= 4 is 15.7 Å². The van der Waals surface area contributed by atoms with Crippen LogP contribution in [0.15, 0.2) is 28.7 Å². The Balaban J connectivity index is 2.40. The van der Waals surface area contributed by atoms with Crippen LogP contribution in [0.3, 0.4) is 0 Å². The van der Waals surface area contributed by atoms with Crippen molar-refractivity contribution in [1.82, 2.24) is 4.31 Å². The van der Waals surface area contributed by atoms with Crippen molar-refractivity contribution in [1.29, 1.82) is 0 Å². The maximum Gasteiger partial charge on any atom is 0.243 e. The van der Waals surface area contributed by atoms with Gasteiger partial charge in [-0.1, -0.05) is 11.6 Å². The molecule has 0 amide bonds. The Hall–Kier alpha value is -1.33. The van der Waals surface area contributed by atoms with E-state index in [1.54, 1.807) is 12.1 Å². The molecule has 1 heterocycles. The molecule has 19 heavy (non-hydrogen) atoms. The highest BCUT2D eigenvalue weighted by molar-refractivity contribution is 7.89. The molecule has 1 aliphatic rings. The summed E-state index contributed by atoms with van der Waals surface area (Å²) in [6, 6.07) is 3.26. The number of rotatable bonds is 2. The lowest BCUT2D eigenvalue weighted by Gasteiger charge is -2.25. The van der Waals surface area contributed by atoms with Crippen molar-refractivity contribution in [2.45, 2.75) is 32.1 Å². The summed E-state index contributed by atoms with van der Waals surface area (Å²) in [7, 11) is -3.44. The monoisotopic (exact) mass is 280 g/mol. The van der Waals surface area contributed by atoms with Crippen molar-refractivity contribution in [2.75, 3.05) is 18.8 Å². The normalized spacial score (nSPS) is 17.3. The molecule has 1 aliphatic heterocycles. The molecule has 1 aromatic carbocycles. The van der Waals surface area contributed by atoms with Crippen LogP contribution < -0.4 is 5.73 Å². The molecule has 0 aliphatic carbocycles. The van der Waals surface area contributed by atoms with Crippen LogP contribution in [0.4, 0.5) is 5.69 Å². The molecule has 0 atom stereocenters. The second-order valence-electron chi connectivity index (χ2n) is 5.12. The van der Waals surface area contributed by atoms with E-state index in [2.05, 4.69) is 0 Å². The van der Waals surface area contributed by atoms with Gasteiger partial charge in [0.1, 0.15) is 0 Å². The number of hydrogen-bond donors (Lipinski definition) is 1. The van der Waals surface area contributed by atoms with Gasteiger partial charge in [0.05, 0.1) is 4.90 Å². The van der Waals surface area contributed by atoms with Crippen LogP contribution in [0.5, 0.6) is 0 Å². The van der Waals surface area contributed by atoms with Crippen molar-refractivity contribution in [2.24, 2.45) is 0 Å². The van der Waals surface area contributed by atoms with Gasteiger partial charge in [-0.15, -0.1) is 0 Å². The minimum absolute atomic E-state index is 0.293. The van der Waals surface area contributed by atoms with E-state index in [4.69, 9.17) is 5.73 Å². The van der Waals surface area contributed by atoms with Crippen LogP contribution in [-0.2, 0) is 10.0 Å². The van der Waals surface area contributed by atoms with Crippen LogP contribution in [0.1, 0.15) is 24.5 Å². The van der Waals surface area contributed by atoms with E-state index in [0.29, 0.717) is 23.7 Å². The summed E-state index contributed by atoms with van der Waals surface area (Å²) in [6.07, 6.45) is 2.75. The van der Waals surface area contributed by atoms with Crippen LogP contribution in [-0.4, -0.2) is 25.8 Å². The Morgan fingerprint density at radius 3 is 2.42 bits per heavy atom. The molecule has 0 fully saturated rings. The molecule has 4 nitrogen and oxygen atoms in total. The van der Waals surface area contributed by atoms with Gasteiger partial charge in [-0.05, 0) is 50.5 Å². The number of anilines is 1. The summed E-state index contributed by atoms with van der Waals surface area (Å²) in [4.78, 5) is 0.293. The van der Waals surface area contributed by atoms with Crippen molar-refractivity contribution in [3.05, 3.63) is 34.9 Å². The number of benzene rings is 1. The molecule has 0 aromatic heterocycles. The maximum atomic E-state index is 12.6. The average Bonchev–Trinajstić information content (AvgIpc) is 2.35. The molecule has 0 spiro atoms. The molecular weight excluding hydrogens is 260 g/mol. The Labute approximate surface area is 115 Å². The predicted molar refractivity (Wildman–Crippen MR) is 77.5 cm³/mol. The number of nitrogen functional groups attached to an aromatic ring is 1. The van der Waals surface area contributed by atoms with Gasteiger partial charge < -0.3 is 5.73 Å². The number of hydrogen-bond acceptors (Lipinski definition) is 3. The first kappa shape index (κ1) is 14.1. The van der Waals surface area contributed by atoms with E-state index in [9.17, 15) is 8.42 Å². The SMILES string of the molecule is CC1=CCN(S(=O)(=O)c2cc(C)c(C)c(N)c2)CC1. The molecule has 0 bridgehead atoms. The molecule has 1 aromatic rings. The van der Waals surface area contributed by atoms with Crippen LogP contribution in [0.25, 0.3) is 0 Å². The molecule has 2 rings (SSSR count). The summed E-state index contributed by atoms with van der Waals surface area (Å²) in [5.41, 5.74) is 9.49. The van der Waals surface area contributed by atoms with Crippen molar-refractivity contribution < 1.29 is 8.42 Å². The fourth-order valence-corrected chi connectivity index (χ4v) is 3.62. The molecule has 104 valence electrons. The highest BCUT2D eigenvalue weighted by Crippen LogP contribution is 2.25. The lowest BCUT2D eigenvalue weighted by molar-refractivity contribution is 0.431. The zero-order chi connectivity index (χ0) is 14.2. The minimum atomic E-state index is -3.44. The molecule has 0 radical (unpaired) electrons. The van der Waals surface area contributed by atoms with E-state index in [1.165, 1.54) is 9.88 Å². The minimum Gasteiger partial charge on any atom is -0.398 e. The lowest BCUT2D eigenvalue weighted by Crippen LogP contribution is -2.34. The van der Waals surface area contributed by atoms with Gasteiger partial charge >= 0.3 is 0 Å². The summed E-state index contributed by atoms with van der Waals surface area (Å²) < 4.78 is 26.6. The third kappa shape index (κ3) is 2.67. The van der Waals surface area contributed by atoms with E-state index in [1.807, 2.05) is 26.8 Å². The van der Waals surface area contributed by atoms with Crippen molar-refractivity contribution in [3.8, 4) is 0 Å². The van der Waals surface area contributed by atoms with Gasteiger partial charge in [-0.3, -0.25) is 0 Å². The first-order chi connectivity index (χ1) is 8.82. The zero-order valence-electron chi connectivity index (χ0n) is 11.6. The summed E-state index contributed by atoms with van der Waals surface area (Å²) >= 11 is 0. The highest BCUT2D eigenvalue weighted by Gasteiger charge is 2.26. The van der Waals surface area contributed by atoms with Gasteiger partial charge in [0.25, 0.3) is 0 Å². The quantitative estimate of drug-likeness (QED) is 0.667. The average molecular weight is 280 g/mol. The van der Waals surface area contributed by atoms with Gasteiger partial charge in [0.2, 0.25) is 10.0 Å². The Kier molecular flexibility index (Phi) is 3.69. The smallest absolute Gasteiger partial charge is 0.243 e. The van der Waals surface area contributed by atoms with Crippen LogP contribution >= 0.6 is 0 Å². The number of aryl methyl sites for hydroxylation is 1. The predicted octanol–water partition coefficient (Wildman–Crippen LogP) is 2.23. The first-order valence-corrected chi connectivity index (χ1v) is 7.79. The van der Waals surface area contributed by atoms with Crippen LogP contribution in [0.2, 0.25) is 0 Å². The second kappa shape index (κ2) is 4.98. The van der Waals surface area contributed by atoms with Crippen LogP contribution in [0, 0.1) is 13.8 Å². The molecule has 0 saturated heterocycles. The fourth-order valence-electron chi connectivity index (χ4n) is 2.12. The second-order valence-corrected chi connectivity index (χ2v) is 7.06. The van der Waals surface area contributed by atoms with Crippen molar-refractivity contribution in [3.63, 3.8) is 0 Å². The largest absolute Gasteiger partial charge is 0.398 e. The number of sulfonamides is 1.